The third-order valence-electron chi connectivity index (χ3n) is 4.62. The van der Waals surface area contributed by atoms with Crippen molar-refractivity contribution in [2.75, 3.05) is 0 Å². The van der Waals surface area contributed by atoms with Gasteiger partial charge in [-0.1, -0.05) is 12.1 Å². The third kappa shape index (κ3) is 5.29. The van der Waals surface area contributed by atoms with Gasteiger partial charge in [0.05, 0.1) is 8.95 Å². The minimum absolute atomic E-state index is 0.212. The number of benzene rings is 3. The van der Waals surface area contributed by atoms with Crippen molar-refractivity contribution in [3.8, 4) is 5.75 Å². The summed E-state index contributed by atoms with van der Waals surface area (Å²) < 4.78 is 27.1. The van der Waals surface area contributed by atoms with Gasteiger partial charge in [-0.2, -0.15) is 0 Å². The lowest BCUT2D eigenvalue weighted by molar-refractivity contribution is -0.129. The number of aryl methyl sites for hydroxylation is 1. The van der Waals surface area contributed by atoms with Crippen LogP contribution in [0.3, 0.4) is 0 Å². The number of nitrogens with zero attached hydrogens (tertiary/aromatic N) is 1. The Morgan fingerprint density at radius 2 is 1.88 bits per heavy atom. The monoisotopic (exact) mass is 669 g/mol. The summed E-state index contributed by atoms with van der Waals surface area (Å²) in [5.74, 6) is 0.0442. The first-order valence-corrected chi connectivity index (χ1v) is 12.1. The summed E-state index contributed by atoms with van der Waals surface area (Å²) in [7, 11) is 0. The molecule has 0 radical (unpaired) electrons. The van der Waals surface area contributed by atoms with Crippen LogP contribution in [-0.2, 0) is 16.1 Å². The molecule has 0 bridgehead atoms. The first-order valence-electron chi connectivity index (χ1n) is 9.45. The van der Waals surface area contributed by atoms with Gasteiger partial charge in [0.25, 0.3) is 0 Å². The smallest absolute Gasteiger partial charge is 0.363 e. The van der Waals surface area contributed by atoms with Crippen LogP contribution in [0.4, 0.5) is 4.39 Å². The van der Waals surface area contributed by atoms with Gasteiger partial charge in [-0.3, -0.25) is 0 Å². The van der Waals surface area contributed by atoms with Crippen LogP contribution in [0.5, 0.6) is 5.75 Å². The number of aliphatic imine (C=N–C) groups is 1. The van der Waals surface area contributed by atoms with E-state index in [9.17, 15) is 9.18 Å². The average Bonchev–Trinajstić information content (AvgIpc) is 3.10. The zero-order chi connectivity index (χ0) is 22.8. The van der Waals surface area contributed by atoms with Gasteiger partial charge in [-0.25, -0.2) is 14.2 Å². The summed E-state index contributed by atoms with van der Waals surface area (Å²) in [5, 5.41) is 0. The van der Waals surface area contributed by atoms with Gasteiger partial charge in [-0.05, 0) is 127 Å². The molecule has 0 amide bonds. The van der Waals surface area contributed by atoms with E-state index in [0.29, 0.717) is 14.7 Å². The number of carbonyl (C=O) groups excluding carboxylic acids is 1. The number of cyclic esters (lactones) is 1. The molecule has 0 N–H and O–H groups in total. The minimum Gasteiger partial charge on any atom is -0.487 e. The number of hydrogen-bond donors (Lipinski definition) is 0. The highest BCUT2D eigenvalue weighted by Gasteiger charge is 2.24. The molecule has 0 unspecified atom stereocenters. The highest BCUT2D eigenvalue weighted by molar-refractivity contribution is 14.1. The van der Waals surface area contributed by atoms with Gasteiger partial charge < -0.3 is 9.47 Å². The Morgan fingerprint density at radius 1 is 1.12 bits per heavy atom. The Balaban J connectivity index is 1.56. The summed E-state index contributed by atoms with van der Waals surface area (Å²) in [6, 6.07) is 15.6. The molecular formula is C24H15Br2FINO3. The van der Waals surface area contributed by atoms with E-state index in [0.717, 1.165) is 25.8 Å². The molecule has 0 fully saturated rings. The molecule has 162 valence electrons. The van der Waals surface area contributed by atoms with Crippen molar-refractivity contribution in [1.82, 2.24) is 0 Å². The number of rotatable bonds is 5. The molecule has 3 aromatic rings. The third-order valence-corrected chi connectivity index (χ3v) is 7.01. The van der Waals surface area contributed by atoms with Gasteiger partial charge in [-0.15, -0.1) is 0 Å². The maximum absolute atomic E-state index is 13.4. The quantitative estimate of drug-likeness (QED) is 0.164. The molecule has 8 heteroatoms. The van der Waals surface area contributed by atoms with Crippen molar-refractivity contribution < 1.29 is 18.7 Å². The van der Waals surface area contributed by atoms with E-state index in [2.05, 4.69) is 59.4 Å². The Morgan fingerprint density at radius 3 is 2.56 bits per heavy atom. The minimum atomic E-state index is -0.505. The van der Waals surface area contributed by atoms with Crippen LogP contribution in [0.15, 0.2) is 74.2 Å². The van der Waals surface area contributed by atoms with Crippen LogP contribution in [0.25, 0.3) is 6.08 Å². The first-order chi connectivity index (χ1) is 15.3. The Labute approximate surface area is 214 Å². The predicted octanol–water partition coefficient (Wildman–Crippen LogP) is 7.19. The van der Waals surface area contributed by atoms with E-state index in [1.807, 2.05) is 37.3 Å². The normalized spacial score (nSPS) is 14.5. The van der Waals surface area contributed by atoms with Crippen molar-refractivity contribution in [2.24, 2.45) is 4.99 Å². The average molecular weight is 671 g/mol. The number of hydrogen-bond acceptors (Lipinski definition) is 4. The summed E-state index contributed by atoms with van der Waals surface area (Å²) in [6.45, 7) is 2.21. The molecule has 0 saturated carbocycles. The van der Waals surface area contributed by atoms with Crippen LogP contribution in [-0.4, -0.2) is 11.9 Å². The summed E-state index contributed by atoms with van der Waals surface area (Å²) in [6.07, 6.45) is 1.65. The molecular weight excluding hydrogens is 656 g/mol. The van der Waals surface area contributed by atoms with E-state index in [4.69, 9.17) is 9.47 Å². The molecule has 4 rings (SSSR count). The lowest BCUT2D eigenvalue weighted by Gasteiger charge is -2.11. The van der Waals surface area contributed by atoms with Crippen molar-refractivity contribution in [1.29, 1.82) is 0 Å². The molecule has 1 heterocycles. The summed E-state index contributed by atoms with van der Waals surface area (Å²) in [4.78, 5) is 16.7. The highest BCUT2D eigenvalue weighted by Crippen LogP contribution is 2.36. The standard InChI is InChI=1S/C24H15Br2FINO3/c1-13-7-16(5-6-20(13)28)23-29-21(24(30)32-23)11-15-9-18(25)22(19(26)10-15)31-12-14-3-2-4-17(27)8-14/h2-11H,12H2,1H3/b21-11-. The molecule has 0 saturated heterocycles. The van der Waals surface area contributed by atoms with Crippen LogP contribution in [0.2, 0.25) is 0 Å². The second-order valence-electron chi connectivity index (χ2n) is 7.03. The number of halogens is 4. The van der Waals surface area contributed by atoms with E-state index in [1.54, 1.807) is 18.2 Å². The molecule has 32 heavy (non-hydrogen) atoms. The fraction of sp³-hybridized carbons (Fsp3) is 0.0833. The molecule has 1 aliphatic rings. The fourth-order valence-corrected chi connectivity index (χ4v) is 4.84. The van der Waals surface area contributed by atoms with Gasteiger partial charge in [0.2, 0.25) is 5.90 Å². The van der Waals surface area contributed by atoms with Crippen molar-refractivity contribution in [3.05, 3.63) is 101 Å². The second-order valence-corrected chi connectivity index (χ2v) is 9.90. The van der Waals surface area contributed by atoms with E-state index in [-0.39, 0.29) is 24.0 Å². The SMILES string of the molecule is Cc1cc(C2=N/C(=C\c3cc(Br)c(OCc4cccc(F)c4)c(Br)c3)C(=O)O2)ccc1I. The largest absolute Gasteiger partial charge is 0.487 e. The molecule has 0 aliphatic carbocycles. The Bertz CT molecular complexity index is 1270. The first kappa shape index (κ1) is 23.1. The number of carbonyl (C=O) groups is 1. The van der Waals surface area contributed by atoms with Crippen LogP contribution in [0.1, 0.15) is 22.3 Å². The lowest BCUT2D eigenvalue weighted by Crippen LogP contribution is -2.05. The topological polar surface area (TPSA) is 47.9 Å². The van der Waals surface area contributed by atoms with Crippen molar-refractivity contribution >= 4 is 72.4 Å². The zero-order valence-corrected chi connectivity index (χ0v) is 22.0. The fourth-order valence-electron chi connectivity index (χ4n) is 3.05. The highest BCUT2D eigenvalue weighted by atomic mass is 127. The zero-order valence-electron chi connectivity index (χ0n) is 16.7. The Hall–Kier alpha value is -2.04. The van der Waals surface area contributed by atoms with Crippen LogP contribution in [0, 0.1) is 16.3 Å². The van der Waals surface area contributed by atoms with Gasteiger partial charge in [0, 0.05) is 9.13 Å². The maximum Gasteiger partial charge on any atom is 0.363 e. The van der Waals surface area contributed by atoms with E-state index >= 15 is 0 Å². The molecule has 4 nitrogen and oxygen atoms in total. The lowest BCUT2D eigenvalue weighted by atomic mass is 10.1. The molecule has 3 aromatic carbocycles. The Kier molecular flexibility index (Phi) is 7.11. The van der Waals surface area contributed by atoms with Gasteiger partial charge >= 0.3 is 5.97 Å². The predicted molar refractivity (Wildman–Crippen MR) is 137 cm³/mol. The maximum atomic E-state index is 13.4. The summed E-state index contributed by atoms with van der Waals surface area (Å²) >= 11 is 9.26. The van der Waals surface area contributed by atoms with Crippen LogP contribution >= 0.6 is 54.5 Å². The summed E-state index contributed by atoms with van der Waals surface area (Å²) in [5.41, 5.74) is 3.50. The number of ether oxygens (including phenoxy) is 2. The molecule has 1 aliphatic heterocycles. The molecule has 0 spiro atoms. The molecule has 0 aromatic heterocycles. The van der Waals surface area contributed by atoms with Gasteiger partial charge in [0.1, 0.15) is 18.2 Å². The van der Waals surface area contributed by atoms with E-state index in [1.165, 1.54) is 12.1 Å². The second kappa shape index (κ2) is 9.84. The van der Waals surface area contributed by atoms with Crippen molar-refractivity contribution in [2.45, 2.75) is 13.5 Å². The van der Waals surface area contributed by atoms with Crippen molar-refractivity contribution in [3.63, 3.8) is 0 Å². The number of esters is 1. The molecule has 0 atom stereocenters. The van der Waals surface area contributed by atoms with Gasteiger partial charge in [0.15, 0.2) is 5.70 Å². The van der Waals surface area contributed by atoms with E-state index < -0.39 is 5.97 Å². The van der Waals surface area contributed by atoms with Crippen LogP contribution < -0.4 is 4.74 Å².